The molecule has 0 unspecified atom stereocenters. The van der Waals surface area contributed by atoms with E-state index in [9.17, 15) is 19.1 Å². The van der Waals surface area contributed by atoms with Crippen molar-refractivity contribution in [3.05, 3.63) is 34.1 Å². The number of imide groups is 1. The summed E-state index contributed by atoms with van der Waals surface area (Å²) in [6.07, 6.45) is -1.03. The molecule has 0 bridgehead atoms. The summed E-state index contributed by atoms with van der Waals surface area (Å²) < 4.78 is 13.4. The molecule has 1 N–H and O–H groups in total. The maximum absolute atomic E-state index is 13.1. The minimum Gasteiger partial charge on any atom is -0.387 e. The smallest absolute Gasteiger partial charge is 0.232 e. The second kappa shape index (κ2) is 5.61. The molecule has 1 aliphatic rings. The molecule has 0 spiro atoms. The van der Waals surface area contributed by atoms with Crippen LogP contribution in [0, 0.1) is 17.7 Å². The lowest BCUT2D eigenvalue weighted by molar-refractivity contribution is -0.141. The summed E-state index contributed by atoms with van der Waals surface area (Å²) in [5, 5.41) is 10.1. The Morgan fingerprint density at radius 1 is 1.30 bits per heavy atom. The number of carbonyl (C=O) groups excluding carboxylic acids is 2. The molecule has 0 aromatic heterocycles. The van der Waals surface area contributed by atoms with E-state index in [-0.39, 0.29) is 34.7 Å². The van der Waals surface area contributed by atoms with Crippen LogP contribution in [-0.4, -0.2) is 28.4 Å². The normalized spacial score (nSPS) is 24.4. The molecule has 2 amide bonds. The van der Waals surface area contributed by atoms with Crippen LogP contribution >= 0.6 is 15.9 Å². The van der Waals surface area contributed by atoms with Gasteiger partial charge < -0.3 is 5.11 Å². The van der Waals surface area contributed by atoms with Crippen molar-refractivity contribution in [2.24, 2.45) is 11.8 Å². The second-order valence-corrected chi connectivity index (χ2v) is 5.91. The maximum atomic E-state index is 13.1. The van der Waals surface area contributed by atoms with Gasteiger partial charge in [-0.15, -0.1) is 0 Å². The fraction of sp³-hybridized carbons (Fsp3) is 0.429. The number of β-amino-alcohol motifs (C(OH)–C–C–N with tert-alkyl or cyclic N) is 1. The molecule has 1 aromatic rings. The van der Waals surface area contributed by atoms with Gasteiger partial charge in [0.05, 0.1) is 17.1 Å². The zero-order valence-electron chi connectivity index (χ0n) is 11.1. The third kappa shape index (κ3) is 2.62. The lowest BCUT2D eigenvalue weighted by Crippen LogP contribution is -2.34. The summed E-state index contributed by atoms with van der Waals surface area (Å²) >= 11 is 3.04. The molecular formula is C14H15BrFNO3. The number of hydrogen-bond donors (Lipinski definition) is 1. The number of benzene rings is 1. The van der Waals surface area contributed by atoms with Gasteiger partial charge in [0, 0.05) is 11.8 Å². The first-order chi connectivity index (χ1) is 9.32. The Morgan fingerprint density at radius 2 is 1.85 bits per heavy atom. The van der Waals surface area contributed by atoms with Gasteiger partial charge in [-0.2, -0.15) is 0 Å². The number of likely N-dealkylation sites (tertiary alicyclic amines) is 1. The molecule has 4 nitrogen and oxygen atoms in total. The quantitative estimate of drug-likeness (QED) is 0.856. The lowest BCUT2D eigenvalue weighted by atomic mass is 10.00. The highest BCUT2D eigenvalue weighted by Crippen LogP contribution is 2.28. The molecular weight excluding hydrogens is 329 g/mol. The van der Waals surface area contributed by atoms with Gasteiger partial charge in [-0.1, -0.05) is 19.9 Å². The van der Waals surface area contributed by atoms with Gasteiger partial charge in [0.1, 0.15) is 5.82 Å². The van der Waals surface area contributed by atoms with Gasteiger partial charge in [-0.05, 0) is 33.6 Å². The number of nitrogens with zero attached hydrogens (tertiary/aromatic N) is 1. The molecule has 6 heteroatoms. The van der Waals surface area contributed by atoms with E-state index in [0.29, 0.717) is 5.56 Å². The Bertz CT molecular complexity index is 543. The van der Waals surface area contributed by atoms with Crippen molar-refractivity contribution in [1.82, 2.24) is 4.90 Å². The zero-order chi connectivity index (χ0) is 15.0. The van der Waals surface area contributed by atoms with Crippen LogP contribution in [0.4, 0.5) is 4.39 Å². The summed E-state index contributed by atoms with van der Waals surface area (Å²) in [6.45, 7) is 3.29. The number of carbonyl (C=O) groups is 2. The van der Waals surface area contributed by atoms with E-state index in [2.05, 4.69) is 15.9 Å². The van der Waals surface area contributed by atoms with E-state index in [0.717, 1.165) is 4.90 Å². The predicted molar refractivity (Wildman–Crippen MR) is 74.1 cm³/mol. The molecule has 0 aliphatic carbocycles. The molecule has 108 valence electrons. The number of rotatable bonds is 3. The van der Waals surface area contributed by atoms with E-state index in [1.54, 1.807) is 13.8 Å². The first-order valence-electron chi connectivity index (χ1n) is 6.31. The molecule has 1 heterocycles. The SMILES string of the molecule is C[C@@H]1C(=O)N(C[C@H](O)c2ccc(F)c(Br)c2)C(=O)[C@H]1C. The number of halogens is 2. The lowest BCUT2D eigenvalue weighted by Gasteiger charge is -2.19. The monoisotopic (exact) mass is 343 g/mol. The number of amides is 2. The van der Waals surface area contributed by atoms with E-state index in [4.69, 9.17) is 0 Å². The first-order valence-corrected chi connectivity index (χ1v) is 7.10. The van der Waals surface area contributed by atoms with Crippen LogP contribution < -0.4 is 0 Å². The number of aliphatic hydroxyl groups excluding tert-OH is 1. The van der Waals surface area contributed by atoms with Gasteiger partial charge in [0.25, 0.3) is 0 Å². The third-order valence-corrected chi connectivity index (χ3v) is 4.35. The van der Waals surface area contributed by atoms with Crippen molar-refractivity contribution in [3.63, 3.8) is 0 Å². The summed E-state index contributed by atoms with van der Waals surface area (Å²) in [5.74, 6) is -1.72. The topological polar surface area (TPSA) is 57.6 Å². The van der Waals surface area contributed by atoms with E-state index >= 15 is 0 Å². The van der Waals surface area contributed by atoms with Gasteiger partial charge in [-0.3, -0.25) is 14.5 Å². The summed E-state index contributed by atoms with van der Waals surface area (Å²) in [5.41, 5.74) is 0.450. The van der Waals surface area contributed by atoms with Crippen LogP contribution in [-0.2, 0) is 9.59 Å². The highest BCUT2D eigenvalue weighted by molar-refractivity contribution is 9.10. The molecule has 0 saturated carbocycles. The van der Waals surface area contributed by atoms with Crippen molar-refractivity contribution >= 4 is 27.7 Å². The Morgan fingerprint density at radius 3 is 2.35 bits per heavy atom. The predicted octanol–water partition coefficient (Wildman–Crippen LogP) is 2.26. The molecule has 2 rings (SSSR count). The third-order valence-electron chi connectivity index (χ3n) is 3.75. The average molecular weight is 344 g/mol. The number of hydrogen-bond acceptors (Lipinski definition) is 3. The minimum absolute atomic E-state index is 0.107. The van der Waals surface area contributed by atoms with Crippen LogP contribution in [0.1, 0.15) is 25.5 Å². The summed E-state index contributed by atoms with van der Waals surface area (Å²) in [4.78, 5) is 25.0. The highest BCUT2D eigenvalue weighted by atomic mass is 79.9. The van der Waals surface area contributed by atoms with E-state index in [1.165, 1.54) is 18.2 Å². The van der Waals surface area contributed by atoms with E-state index in [1.807, 2.05) is 0 Å². The Hall–Kier alpha value is -1.27. The van der Waals surface area contributed by atoms with Crippen LogP contribution in [0.15, 0.2) is 22.7 Å². The highest BCUT2D eigenvalue weighted by Gasteiger charge is 2.42. The zero-order valence-corrected chi connectivity index (χ0v) is 12.7. The maximum Gasteiger partial charge on any atom is 0.232 e. The minimum atomic E-state index is -1.03. The van der Waals surface area contributed by atoms with Gasteiger partial charge in [0.15, 0.2) is 0 Å². The van der Waals surface area contributed by atoms with Gasteiger partial charge >= 0.3 is 0 Å². The molecule has 1 aliphatic heterocycles. The van der Waals surface area contributed by atoms with Gasteiger partial charge in [0.2, 0.25) is 11.8 Å². The van der Waals surface area contributed by atoms with Crippen LogP contribution in [0.2, 0.25) is 0 Å². The fourth-order valence-corrected chi connectivity index (χ4v) is 2.60. The molecule has 1 fully saturated rings. The standard InChI is InChI=1S/C14H15BrFNO3/c1-7-8(2)14(20)17(13(7)19)6-12(18)9-3-4-11(16)10(15)5-9/h3-5,7-8,12,18H,6H2,1-2H3/t7-,8-,12-/m0/s1. The molecule has 0 radical (unpaired) electrons. The van der Waals surface area contributed by atoms with E-state index < -0.39 is 11.9 Å². The van der Waals surface area contributed by atoms with Crippen molar-refractivity contribution in [3.8, 4) is 0 Å². The van der Waals surface area contributed by atoms with Crippen molar-refractivity contribution < 1.29 is 19.1 Å². The van der Waals surface area contributed by atoms with Crippen LogP contribution in [0.25, 0.3) is 0 Å². The molecule has 1 saturated heterocycles. The van der Waals surface area contributed by atoms with Crippen molar-refractivity contribution in [2.75, 3.05) is 6.54 Å². The second-order valence-electron chi connectivity index (χ2n) is 5.05. The Labute approximate surface area is 124 Å². The first kappa shape index (κ1) is 15.1. The van der Waals surface area contributed by atoms with Crippen molar-refractivity contribution in [1.29, 1.82) is 0 Å². The summed E-state index contributed by atoms with van der Waals surface area (Å²) in [7, 11) is 0. The number of aliphatic hydroxyl groups is 1. The molecule has 1 aromatic carbocycles. The fourth-order valence-electron chi connectivity index (χ4n) is 2.21. The largest absolute Gasteiger partial charge is 0.387 e. The molecule has 3 atom stereocenters. The van der Waals surface area contributed by atoms with Crippen LogP contribution in [0.3, 0.4) is 0 Å². The van der Waals surface area contributed by atoms with Gasteiger partial charge in [-0.25, -0.2) is 4.39 Å². The summed E-state index contributed by atoms with van der Waals surface area (Å²) in [6, 6.07) is 4.10. The van der Waals surface area contributed by atoms with Crippen LogP contribution in [0.5, 0.6) is 0 Å². The Balaban J connectivity index is 2.15. The Kier molecular flexibility index (Phi) is 4.25. The average Bonchev–Trinajstić information content (AvgIpc) is 2.59. The molecule has 20 heavy (non-hydrogen) atoms. The van der Waals surface area contributed by atoms with Crippen molar-refractivity contribution in [2.45, 2.75) is 20.0 Å².